The summed E-state index contributed by atoms with van der Waals surface area (Å²) in [7, 11) is 0. The summed E-state index contributed by atoms with van der Waals surface area (Å²) in [6.45, 7) is 8.57. The Morgan fingerprint density at radius 1 is 1.30 bits per heavy atom. The number of nitrogens with one attached hydrogen (secondary N) is 1. The van der Waals surface area contributed by atoms with Gasteiger partial charge in [-0.25, -0.2) is 0 Å². The molecule has 102 valence electrons. The topological polar surface area (TPSA) is 85.6 Å². The molecule has 0 unspecified atom stereocenters. The zero-order valence-electron chi connectivity index (χ0n) is 11.8. The third-order valence-electron chi connectivity index (χ3n) is 2.92. The van der Waals surface area contributed by atoms with Crippen LogP contribution in [-0.2, 0) is 0 Å². The van der Waals surface area contributed by atoms with Crippen molar-refractivity contribution in [2.24, 2.45) is 0 Å². The molecule has 0 saturated heterocycles. The van der Waals surface area contributed by atoms with Crippen LogP contribution < -0.4 is 21.5 Å². The number of nitriles is 2. The molecule has 1 rings (SSSR count). The van der Waals surface area contributed by atoms with Gasteiger partial charge in [0.15, 0.2) is 0 Å². The summed E-state index contributed by atoms with van der Waals surface area (Å²) < 4.78 is 0. The van der Waals surface area contributed by atoms with E-state index < -0.39 is 0 Å². The fourth-order valence-electron chi connectivity index (χ4n) is 1.88. The van der Waals surface area contributed by atoms with Gasteiger partial charge in [-0.15, -0.1) is 0 Å². The van der Waals surface area contributed by atoms with Crippen LogP contribution >= 0.6 is 0 Å². The van der Waals surface area contributed by atoms with Gasteiger partial charge >= 0.3 is 0 Å². The zero-order chi connectivity index (χ0) is 15.1. The standard InChI is InChI=1S/C16H18N4/c1-4-6-7-12-11(3)15(19)13(9-17)14(10-18)16(12)20-8-5-2/h4,6-7,20H,3,5,8,19H2,1-2H3/b6-4-,12-7+. The summed E-state index contributed by atoms with van der Waals surface area (Å²) in [5, 5.41) is 23.1. The maximum Gasteiger partial charge on any atom is 0.103 e. The molecule has 0 amide bonds. The molecule has 0 fully saturated rings. The lowest BCUT2D eigenvalue weighted by molar-refractivity contribution is 0.976. The lowest BCUT2D eigenvalue weighted by Crippen LogP contribution is -2.32. The monoisotopic (exact) mass is 266 g/mol. The first-order valence-corrected chi connectivity index (χ1v) is 6.43. The lowest BCUT2D eigenvalue weighted by Gasteiger charge is -2.12. The van der Waals surface area contributed by atoms with Gasteiger partial charge in [0.05, 0.1) is 22.5 Å². The zero-order valence-corrected chi connectivity index (χ0v) is 11.8. The summed E-state index contributed by atoms with van der Waals surface area (Å²) in [4.78, 5) is 0. The van der Waals surface area contributed by atoms with Gasteiger partial charge in [0.2, 0.25) is 0 Å². The van der Waals surface area contributed by atoms with E-state index in [0.717, 1.165) is 11.6 Å². The lowest BCUT2D eigenvalue weighted by atomic mass is 10.0. The molecule has 0 saturated carbocycles. The first-order chi connectivity index (χ1) is 9.62. The van der Waals surface area contributed by atoms with Crippen LogP contribution in [0.4, 0.5) is 11.4 Å². The quantitative estimate of drug-likeness (QED) is 0.810. The van der Waals surface area contributed by atoms with Crippen LogP contribution in [0.2, 0.25) is 0 Å². The van der Waals surface area contributed by atoms with E-state index >= 15 is 0 Å². The molecule has 1 aromatic rings. The molecule has 4 nitrogen and oxygen atoms in total. The molecule has 1 aromatic carbocycles. The number of nitrogens with zero attached hydrogens (tertiary/aromatic N) is 2. The van der Waals surface area contributed by atoms with E-state index in [1.54, 1.807) is 0 Å². The Balaban J connectivity index is 3.84. The molecule has 0 radical (unpaired) electrons. The van der Waals surface area contributed by atoms with Gasteiger partial charge in [0.25, 0.3) is 0 Å². The fourth-order valence-corrected chi connectivity index (χ4v) is 1.88. The maximum atomic E-state index is 9.35. The number of nitrogens with two attached hydrogens (primary N) is 1. The number of nitrogen functional groups attached to an aromatic ring is 1. The van der Waals surface area contributed by atoms with Crippen molar-refractivity contribution in [2.75, 3.05) is 17.6 Å². The number of hydrogen-bond donors (Lipinski definition) is 2. The van der Waals surface area contributed by atoms with Gasteiger partial charge in [-0.3, -0.25) is 0 Å². The second-order valence-electron chi connectivity index (χ2n) is 4.27. The van der Waals surface area contributed by atoms with Crippen LogP contribution in [0.15, 0.2) is 12.2 Å². The summed E-state index contributed by atoms with van der Waals surface area (Å²) in [5.74, 6) is 0. The smallest absolute Gasteiger partial charge is 0.103 e. The second kappa shape index (κ2) is 7.01. The number of benzene rings is 1. The third kappa shape index (κ3) is 2.81. The highest BCUT2D eigenvalue weighted by Gasteiger charge is 2.14. The van der Waals surface area contributed by atoms with Crippen molar-refractivity contribution in [1.82, 2.24) is 0 Å². The van der Waals surface area contributed by atoms with Gasteiger partial charge < -0.3 is 11.1 Å². The average molecular weight is 266 g/mol. The summed E-state index contributed by atoms with van der Waals surface area (Å²) in [6, 6.07) is 4.07. The van der Waals surface area contributed by atoms with E-state index in [9.17, 15) is 10.5 Å². The van der Waals surface area contributed by atoms with E-state index in [2.05, 4.69) is 18.0 Å². The van der Waals surface area contributed by atoms with Gasteiger partial charge in [0, 0.05) is 17.0 Å². The Kier molecular flexibility index (Phi) is 5.38. The summed E-state index contributed by atoms with van der Waals surface area (Å²) >= 11 is 0. The van der Waals surface area contributed by atoms with Crippen molar-refractivity contribution in [1.29, 1.82) is 10.5 Å². The highest BCUT2D eigenvalue weighted by molar-refractivity contribution is 5.75. The minimum absolute atomic E-state index is 0.189. The van der Waals surface area contributed by atoms with Crippen molar-refractivity contribution < 1.29 is 0 Å². The first-order valence-electron chi connectivity index (χ1n) is 6.43. The molecule has 0 atom stereocenters. The van der Waals surface area contributed by atoms with Crippen LogP contribution in [0.3, 0.4) is 0 Å². The van der Waals surface area contributed by atoms with Crippen LogP contribution in [0.5, 0.6) is 0 Å². The predicted octanol–water partition coefficient (Wildman–Crippen LogP) is 1.60. The van der Waals surface area contributed by atoms with Crippen molar-refractivity contribution in [3.8, 4) is 12.1 Å². The molecule has 0 aromatic heterocycles. The Labute approximate surface area is 119 Å². The van der Waals surface area contributed by atoms with E-state index in [0.29, 0.717) is 17.5 Å². The van der Waals surface area contributed by atoms with Crippen molar-refractivity contribution >= 4 is 24.0 Å². The normalized spacial score (nSPS) is 11.3. The minimum Gasteiger partial charge on any atom is -0.397 e. The largest absolute Gasteiger partial charge is 0.397 e. The van der Waals surface area contributed by atoms with Crippen LogP contribution in [0.25, 0.3) is 12.7 Å². The number of hydrogen-bond acceptors (Lipinski definition) is 4. The molecule has 0 spiro atoms. The SMILES string of the molecule is C=c1c(N)c(C#N)c(C#N)c(NCCC)/c1=C/C=C\C. The maximum absolute atomic E-state index is 9.35. The third-order valence-corrected chi connectivity index (χ3v) is 2.92. The minimum atomic E-state index is 0.189. The molecule has 4 heteroatoms. The van der Waals surface area contributed by atoms with Gasteiger partial charge in [0.1, 0.15) is 12.1 Å². The van der Waals surface area contributed by atoms with Gasteiger partial charge in [-0.1, -0.05) is 31.7 Å². The van der Waals surface area contributed by atoms with Crippen LogP contribution in [-0.4, -0.2) is 6.54 Å². The average Bonchev–Trinajstić information content (AvgIpc) is 2.46. The van der Waals surface area contributed by atoms with Crippen LogP contribution in [0.1, 0.15) is 31.4 Å². The molecular formula is C16H18N4. The van der Waals surface area contributed by atoms with Gasteiger partial charge in [-0.05, 0) is 13.3 Å². The molecule has 0 aliphatic rings. The Hall–Kier alpha value is -2.72. The number of rotatable bonds is 4. The highest BCUT2D eigenvalue weighted by Crippen LogP contribution is 2.17. The first kappa shape index (κ1) is 15.3. The summed E-state index contributed by atoms with van der Waals surface area (Å²) in [5.41, 5.74) is 7.29. The predicted molar refractivity (Wildman–Crippen MR) is 83.1 cm³/mol. The Morgan fingerprint density at radius 3 is 2.45 bits per heavy atom. The van der Waals surface area contributed by atoms with Crippen molar-refractivity contribution in [2.45, 2.75) is 20.3 Å². The Bertz CT molecular complexity index is 715. The van der Waals surface area contributed by atoms with E-state index in [4.69, 9.17) is 5.73 Å². The van der Waals surface area contributed by atoms with E-state index in [1.165, 1.54) is 0 Å². The molecule has 3 N–H and O–H groups in total. The van der Waals surface area contributed by atoms with E-state index in [1.807, 2.05) is 38.1 Å². The fraction of sp³-hybridized carbons (Fsp3) is 0.250. The number of allylic oxidation sites excluding steroid dienone is 2. The molecular weight excluding hydrogens is 248 g/mol. The number of anilines is 2. The Morgan fingerprint density at radius 2 is 1.95 bits per heavy atom. The highest BCUT2D eigenvalue weighted by atomic mass is 14.9. The molecule has 0 aliphatic heterocycles. The van der Waals surface area contributed by atoms with E-state index in [-0.39, 0.29) is 16.8 Å². The van der Waals surface area contributed by atoms with Crippen LogP contribution in [0, 0.1) is 22.7 Å². The van der Waals surface area contributed by atoms with Gasteiger partial charge in [-0.2, -0.15) is 10.5 Å². The molecule has 20 heavy (non-hydrogen) atoms. The molecule has 0 bridgehead atoms. The second-order valence-corrected chi connectivity index (χ2v) is 4.27. The van der Waals surface area contributed by atoms with Crippen molar-refractivity contribution in [3.05, 3.63) is 33.7 Å². The summed E-state index contributed by atoms with van der Waals surface area (Å²) in [6.07, 6.45) is 6.49. The molecule has 0 heterocycles. The molecule has 0 aliphatic carbocycles. The van der Waals surface area contributed by atoms with Crippen molar-refractivity contribution in [3.63, 3.8) is 0 Å².